The molecule has 1 aliphatic heterocycles. The van der Waals surface area contributed by atoms with E-state index in [1.165, 1.54) is 32.1 Å². The minimum absolute atomic E-state index is 0.188. The summed E-state index contributed by atoms with van der Waals surface area (Å²) in [5.74, 6) is 0.188. The van der Waals surface area contributed by atoms with E-state index in [0.717, 1.165) is 25.8 Å². The van der Waals surface area contributed by atoms with Crippen LogP contribution in [0.3, 0.4) is 0 Å². The van der Waals surface area contributed by atoms with Gasteiger partial charge in [0.05, 0.1) is 0 Å². The highest BCUT2D eigenvalue weighted by Crippen LogP contribution is 2.34. The van der Waals surface area contributed by atoms with Gasteiger partial charge in [0.25, 0.3) is 0 Å². The molecule has 1 heterocycles. The third kappa shape index (κ3) is 3.58. The highest BCUT2D eigenvalue weighted by molar-refractivity contribution is 5.76. The molecule has 3 heteroatoms. The fourth-order valence-corrected chi connectivity index (χ4v) is 3.42. The van der Waals surface area contributed by atoms with E-state index in [2.05, 4.69) is 17.2 Å². The van der Waals surface area contributed by atoms with E-state index in [1.54, 1.807) is 0 Å². The van der Waals surface area contributed by atoms with Crippen LogP contribution in [0.2, 0.25) is 0 Å². The van der Waals surface area contributed by atoms with Crippen molar-refractivity contribution in [2.24, 2.45) is 0 Å². The van der Waals surface area contributed by atoms with Crippen molar-refractivity contribution in [3.8, 4) is 0 Å². The summed E-state index contributed by atoms with van der Waals surface area (Å²) >= 11 is 0. The summed E-state index contributed by atoms with van der Waals surface area (Å²) in [7, 11) is 0. The summed E-state index contributed by atoms with van der Waals surface area (Å²) in [5.41, 5.74) is 0.326. The Morgan fingerprint density at radius 3 is 2.89 bits per heavy atom. The lowest BCUT2D eigenvalue weighted by atomic mass is 9.75. The van der Waals surface area contributed by atoms with Gasteiger partial charge in [-0.15, -0.1) is 6.58 Å². The van der Waals surface area contributed by atoms with Crippen molar-refractivity contribution < 1.29 is 4.79 Å². The third-order valence-electron chi connectivity index (χ3n) is 4.38. The Morgan fingerprint density at radius 2 is 2.17 bits per heavy atom. The second kappa shape index (κ2) is 6.37. The predicted molar refractivity (Wildman–Crippen MR) is 74.4 cm³/mol. The van der Waals surface area contributed by atoms with Crippen molar-refractivity contribution in [2.75, 3.05) is 6.54 Å². The molecule has 2 rings (SSSR count). The molecule has 3 nitrogen and oxygen atoms in total. The molecule has 1 atom stereocenters. The second-order valence-electron chi connectivity index (χ2n) is 5.85. The highest BCUT2D eigenvalue weighted by atomic mass is 16.1. The van der Waals surface area contributed by atoms with Crippen LogP contribution >= 0.6 is 0 Å². The van der Waals surface area contributed by atoms with Crippen LogP contribution in [0.25, 0.3) is 0 Å². The molecule has 2 aliphatic rings. The van der Waals surface area contributed by atoms with Gasteiger partial charge in [-0.3, -0.25) is 4.79 Å². The summed E-state index contributed by atoms with van der Waals surface area (Å²) in [4.78, 5) is 11.8. The molecular formula is C15H26N2O. The first-order chi connectivity index (χ1) is 8.74. The number of amides is 1. The van der Waals surface area contributed by atoms with Gasteiger partial charge in [-0.2, -0.15) is 0 Å². The van der Waals surface area contributed by atoms with Gasteiger partial charge in [-0.25, -0.2) is 0 Å². The quantitative estimate of drug-likeness (QED) is 0.753. The van der Waals surface area contributed by atoms with Crippen LogP contribution in [0.15, 0.2) is 12.7 Å². The first-order valence-corrected chi connectivity index (χ1v) is 7.39. The predicted octanol–water partition coefficient (Wildman–Crippen LogP) is 2.52. The molecule has 1 saturated carbocycles. The van der Waals surface area contributed by atoms with Crippen molar-refractivity contribution in [3.63, 3.8) is 0 Å². The van der Waals surface area contributed by atoms with Gasteiger partial charge in [-0.05, 0) is 38.6 Å². The van der Waals surface area contributed by atoms with Crippen LogP contribution in [0, 0.1) is 0 Å². The monoisotopic (exact) mass is 250 g/mol. The molecule has 1 aliphatic carbocycles. The lowest BCUT2D eigenvalue weighted by Crippen LogP contribution is -2.57. The molecule has 0 aromatic heterocycles. The topological polar surface area (TPSA) is 41.1 Å². The van der Waals surface area contributed by atoms with E-state index < -0.39 is 0 Å². The molecule has 1 spiro atoms. The number of hydrogen-bond donors (Lipinski definition) is 2. The molecule has 1 unspecified atom stereocenters. The van der Waals surface area contributed by atoms with E-state index >= 15 is 0 Å². The summed E-state index contributed by atoms with van der Waals surface area (Å²) in [5, 5.41) is 6.91. The van der Waals surface area contributed by atoms with Gasteiger partial charge in [-0.1, -0.05) is 25.3 Å². The van der Waals surface area contributed by atoms with Crippen molar-refractivity contribution in [2.45, 2.75) is 69.4 Å². The Kier molecular flexibility index (Phi) is 4.81. The van der Waals surface area contributed by atoms with E-state index in [0.29, 0.717) is 18.0 Å². The molecule has 2 fully saturated rings. The van der Waals surface area contributed by atoms with Gasteiger partial charge >= 0.3 is 0 Å². The molecule has 0 bridgehead atoms. The summed E-state index contributed by atoms with van der Waals surface area (Å²) in [6.07, 6.45) is 12.0. The van der Waals surface area contributed by atoms with Crippen LogP contribution in [-0.2, 0) is 4.79 Å². The number of nitrogens with one attached hydrogen (secondary N) is 2. The average molecular weight is 250 g/mol. The zero-order chi connectivity index (χ0) is 12.8. The van der Waals surface area contributed by atoms with Gasteiger partial charge < -0.3 is 10.6 Å². The zero-order valence-corrected chi connectivity index (χ0v) is 11.3. The Hall–Kier alpha value is -0.830. The third-order valence-corrected chi connectivity index (χ3v) is 4.38. The number of allylic oxidation sites excluding steroid dienone is 1. The van der Waals surface area contributed by atoms with Crippen molar-refractivity contribution in [3.05, 3.63) is 12.7 Å². The first kappa shape index (κ1) is 13.6. The molecule has 0 radical (unpaired) electrons. The number of carbonyl (C=O) groups is 1. The van der Waals surface area contributed by atoms with E-state index in [4.69, 9.17) is 0 Å². The zero-order valence-electron chi connectivity index (χ0n) is 11.3. The molecule has 0 aromatic carbocycles. The number of carbonyl (C=O) groups excluding carboxylic acids is 1. The maximum Gasteiger partial charge on any atom is 0.220 e. The fraction of sp³-hybridized carbons (Fsp3) is 0.800. The minimum atomic E-state index is 0.188. The minimum Gasteiger partial charge on any atom is -0.353 e. The van der Waals surface area contributed by atoms with E-state index in [9.17, 15) is 4.79 Å². The van der Waals surface area contributed by atoms with Gasteiger partial charge in [0.2, 0.25) is 5.91 Å². The maximum absolute atomic E-state index is 11.8. The van der Waals surface area contributed by atoms with Crippen LogP contribution in [0.4, 0.5) is 0 Å². The SMILES string of the molecule is C=CCCC(=O)NC1CCNC2(CCCCC2)C1. The Balaban J connectivity index is 1.82. The standard InChI is InChI=1S/C15H26N2O/c1-2-3-7-14(18)17-13-8-11-16-15(12-13)9-5-4-6-10-15/h2,13,16H,1,3-12H2,(H,17,18). The molecular weight excluding hydrogens is 224 g/mol. The average Bonchev–Trinajstić information content (AvgIpc) is 2.37. The second-order valence-corrected chi connectivity index (χ2v) is 5.85. The van der Waals surface area contributed by atoms with Crippen LogP contribution in [0.1, 0.15) is 57.8 Å². The van der Waals surface area contributed by atoms with Crippen molar-refractivity contribution in [1.29, 1.82) is 0 Å². The fourth-order valence-electron chi connectivity index (χ4n) is 3.42. The molecule has 0 aromatic rings. The lowest BCUT2D eigenvalue weighted by molar-refractivity contribution is -0.122. The largest absolute Gasteiger partial charge is 0.353 e. The molecule has 1 saturated heterocycles. The Labute approximate surface area is 110 Å². The molecule has 1 amide bonds. The van der Waals surface area contributed by atoms with Gasteiger partial charge in [0, 0.05) is 18.0 Å². The Bertz CT molecular complexity index is 289. The number of piperidine rings is 1. The molecule has 102 valence electrons. The van der Waals surface area contributed by atoms with Crippen molar-refractivity contribution in [1.82, 2.24) is 10.6 Å². The normalized spacial score (nSPS) is 26.8. The Morgan fingerprint density at radius 1 is 1.39 bits per heavy atom. The van der Waals surface area contributed by atoms with E-state index in [-0.39, 0.29) is 5.91 Å². The van der Waals surface area contributed by atoms with Gasteiger partial charge in [0.15, 0.2) is 0 Å². The first-order valence-electron chi connectivity index (χ1n) is 7.39. The van der Waals surface area contributed by atoms with Gasteiger partial charge in [0.1, 0.15) is 0 Å². The van der Waals surface area contributed by atoms with Crippen LogP contribution in [0.5, 0.6) is 0 Å². The summed E-state index contributed by atoms with van der Waals surface area (Å²) in [6, 6.07) is 0.377. The molecule has 18 heavy (non-hydrogen) atoms. The maximum atomic E-state index is 11.8. The molecule has 2 N–H and O–H groups in total. The number of hydrogen-bond acceptors (Lipinski definition) is 2. The summed E-state index contributed by atoms with van der Waals surface area (Å²) in [6.45, 7) is 4.71. The van der Waals surface area contributed by atoms with E-state index in [1.807, 2.05) is 6.08 Å². The highest BCUT2D eigenvalue weighted by Gasteiger charge is 2.37. The van der Waals surface area contributed by atoms with Crippen LogP contribution in [-0.4, -0.2) is 24.0 Å². The summed E-state index contributed by atoms with van der Waals surface area (Å²) < 4.78 is 0. The van der Waals surface area contributed by atoms with Crippen molar-refractivity contribution >= 4 is 5.91 Å². The lowest BCUT2D eigenvalue weighted by Gasteiger charge is -2.44. The van der Waals surface area contributed by atoms with Crippen LogP contribution < -0.4 is 10.6 Å². The smallest absolute Gasteiger partial charge is 0.220 e. The number of rotatable bonds is 4.